The molecule has 2 atom stereocenters. The highest BCUT2D eigenvalue weighted by Crippen LogP contribution is 2.41. The van der Waals surface area contributed by atoms with E-state index in [-0.39, 0.29) is 18.2 Å². The Labute approximate surface area is 108 Å². The first-order valence-corrected chi connectivity index (χ1v) is 6.49. The van der Waals surface area contributed by atoms with Gasteiger partial charge in [-0.15, -0.1) is 0 Å². The molecule has 2 unspecified atom stereocenters. The molecular weight excluding hydrogens is 230 g/mol. The number of rotatable bonds is 6. The molecular formula is C13H23N3O2. The minimum Gasteiger partial charge on any atom is -0.493 e. The van der Waals surface area contributed by atoms with Crippen LogP contribution in [-0.4, -0.2) is 30.1 Å². The first-order chi connectivity index (χ1) is 8.60. The number of methoxy groups -OCH3 is 2. The molecule has 1 aromatic heterocycles. The van der Waals surface area contributed by atoms with Gasteiger partial charge in [-0.25, -0.2) is 0 Å². The Morgan fingerprint density at radius 3 is 2.50 bits per heavy atom. The summed E-state index contributed by atoms with van der Waals surface area (Å²) in [6.45, 7) is 4.17. The van der Waals surface area contributed by atoms with Crippen molar-refractivity contribution < 1.29 is 9.47 Å². The van der Waals surface area contributed by atoms with Gasteiger partial charge in [0.05, 0.1) is 25.5 Å². The van der Waals surface area contributed by atoms with Crippen molar-refractivity contribution >= 4 is 0 Å². The van der Waals surface area contributed by atoms with Gasteiger partial charge >= 0.3 is 0 Å². The van der Waals surface area contributed by atoms with Gasteiger partial charge in [-0.05, 0) is 32.6 Å². The average Bonchev–Trinajstić information content (AvgIpc) is 3.07. The maximum Gasteiger partial charge on any atom is 0.161 e. The van der Waals surface area contributed by atoms with E-state index in [2.05, 4.69) is 18.9 Å². The van der Waals surface area contributed by atoms with E-state index in [0.717, 1.165) is 11.4 Å². The van der Waals surface area contributed by atoms with Gasteiger partial charge in [0.25, 0.3) is 0 Å². The van der Waals surface area contributed by atoms with Crippen molar-refractivity contribution in [3.63, 3.8) is 0 Å². The van der Waals surface area contributed by atoms with Gasteiger partial charge in [0, 0.05) is 13.2 Å². The molecule has 1 aliphatic rings. The molecule has 0 amide bonds. The lowest BCUT2D eigenvalue weighted by molar-refractivity contribution is 0.0589. The Hall–Kier alpha value is -1.07. The van der Waals surface area contributed by atoms with Crippen LogP contribution in [0.15, 0.2) is 6.20 Å². The Morgan fingerprint density at radius 2 is 2.06 bits per heavy atom. The minimum atomic E-state index is -0.192. The van der Waals surface area contributed by atoms with Crippen molar-refractivity contribution in [3.8, 4) is 5.75 Å². The second-order valence-electron chi connectivity index (χ2n) is 5.20. The monoisotopic (exact) mass is 253 g/mol. The highest BCUT2D eigenvalue weighted by molar-refractivity contribution is 5.29. The lowest BCUT2D eigenvalue weighted by Crippen LogP contribution is -2.32. The molecule has 1 fully saturated rings. The van der Waals surface area contributed by atoms with Gasteiger partial charge in [-0.2, -0.15) is 5.10 Å². The van der Waals surface area contributed by atoms with E-state index in [9.17, 15) is 0 Å². The third kappa shape index (κ3) is 2.37. The quantitative estimate of drug-likeness (QED) is 0.841. The van der Waals surface area contributed by atoms with Gasteiger partial charge in [0.2, 0.25) is 0 Å². The van der Waals surface area contributed by atoms with Crippen molar-refractivity contribution in [2.45, 2.75) is 44.9 Å². The first kappa shape index (κ1) is 13.4. The molecule has 1 aliphatic carbocycles. The van der Waals surface area contributed by atoms with Gasteiger partial charge in [-0.3, -0.25) is 4.68 Å². The van der Waals surface area contributed by atoms with Gasteiger partial charge in [0.1, 0.15) is 5.69 Å². The summed E-state index contributed by atoms with van der Waals surface area (Å²) in [5.41, 5.74) is 7.32. The molecule has 1 saturated carbocycles. The van der Waals surface area contributed by atoms with E-state index in [1.807, 2.05) is 4.68 Å². The third-order valence-corrected chi connectivity index (χ3v) is 3.54. The van der Waals surface area contributed by atoms with Gasteiger partial charge in [0.15, 0.2) is 5.75 Å². The van der Waals surface area contributed by atoms with Gasteiger partial charge < -0.3 is 15.2 Å². The SMILES string of the molecule is COc1cnn(C(C)C)c1C(N)C(OC)C1CC1. The van der Waals surface area contributed by atoms with Crippen molar-refractivity contribution in [2.75, 3.05) is 14.2 Å². The summed E-state index contributed by atoms with van der Waals surface area (Å²) >= 11 is 0. The normalized spacial score (nSPS) is 19.0. The van der Waals surface area contributed by atoms with Crippen LogP contribution in [0.25, 0.3) is 0 Å². The molecule has 2 rings (SSSR count). The van der Waals surface area contributed by atoms with E-state index in [1.54, 1.807) is 20.4 Å². The summed E-state index contributed by atoms with van der Waals surface area (Å²) in [4.78, 5) is 0. The van der Waals surface area contributed by atoms with Crippen LogP contribution < -0.4 is 10.5 Å². The van der Waals surface area contributed by atoms with Crippen LogP contribution in [0, 0.1) is 5.92 Å². The zero-order valence-corrected chi connectivity index (χ0v) is 11.6. The predicted octanol–water partition coefficient (Wildman–Crippen LogP) is 1.90. The molecule has 18 heavy (non-hydrogen) atoms. The highest BCUT2D eigenvalue weighted by atomic mass is 16.5. The van der Waals surface area contributed by atoms with E-state index < -0.39 is 0 Å². The molecule has 0 spiro atoms. The Kier molecular flexibility index (Phi) is 3.92. The van der Waals surface area contributed by atoms with Crippen LogP contribution in [0.3, 0.4) is 0 Å². The Balaban J connectivity index is 2.31. The van der Waals surface area contributed by atoms with Crippen molar-refractivity contribution in [2.24, 2.45) is 11.7 Å². The van der Waals surface area contributed by atoms with Gasteiger partial charge in [-0.1, -0.05) is 0 Å². The molecule has 0 aromatic carbocycles. The maximum atomic E-state index is 6.38. The van der Waals surface area contributed by atoms with Crippen LogP contribution in [0.5, 0.6) is 5.75 Å². The van der Waals surface area contributed by atoms with Crippen LogP contribution >= 0.6 is 0 Å². The average molecular weight is 253 g/mol. The van der Waals surface area contributed by atoms with E-state index in [1.165, 1.54) is 12.8 Å². The number of aromatic nitrogens is 2. The number of ether oxygens (including phenoxy) is 2. The molecule has 102 valence electrons. The summed E-state index contributed by atoms with van der Waals surface area (Å²) in [6, 6.07) is 0.0639. The van der Waals surface area contributed by atoms with E-state index >= 15 is 0 Å². The predicted molar refractivity (Wildman–Crippen MR) is 69.6 cm³/mol. The zero-order valence-electron chi connectivity index (χ0n) is 11.6. The molecule has 0 bridgehead atoms. The van der Waals surface area contributed by atoms with Crippen molar-refractivity contribution in [1.82, 2.24) is 9.78 Å². The molecule has 5 heteroatoms. The van der Waals surface area contributed by atoms with Crippen LogP contribution in [0.4, 0.5) is 0 Å². The fourth-order valence-corrected chi connectivity index (χ4v) is 2.45. The zero-order chi connectivity index (χ0) is 13.3. The summed E-state index contributed by atoms with van der Waals surface area (Å²) in [6.07, 6.45) is 4.18. The lowest BCUT2D eigenvalue weighted by Gasteiger charge is -2.25. The third-order valence-electron chi connectivity index (χ3n) is 3.54. The first-order valence-electron chi connectivity index (χ1n) is 6.49. The number of hydrogen-bond donors (Lipinski definition) is 1. The van der Waals surface area contributed by atoms with Crippen LogP contribution in [0.1, 0.15) is 44.5 Å². The molecule has 1 heterocycles. The molecule has 1 aromatic rings. The van der Waals surface area contributed by atoms with Crippen molar-refractivity contribution in [1.29, 1.82) is 0 Å². The standard InChI is InChI=1S/C13H23N3O2/c1-8(2)16-12(10(17-3)7-15-16)11(14)13(18-4)9-5-6-9/h7-9,11,13H,5-6,14H2,1-4H3. The molecule has 5 nitrogen and oxygen atoms in total. The molecule has 2 N–H and O–H groups in total. The summed E-state index contributed by atoms with van der Waals surface area (Å²) in [5, 5.41) is 4.36. The smallest absolute Gasteiger partial charge is 0.161 e. The molecule has 0 aliphatic heterocycles. The van der Waals surface area contributed by atoms with E-state index in [4.69, 9.17) is 15.2 Å². The largest absolute Gasteiger partial charge is 0.493 e. The second-order valence-corrected chi connectivity index (χ2v) is 5.20. The lowest BCUT2D eigenvalue weighted by atomic mass is 10.0. The Morgan fingerprint density at radius 1 is 1.39 bits per heavy atom. The fraction of sp³-hybridized carbons (Fsp3) is 0.769. The number of nitrogens with zero attached hydrogens (tertiary/aromatic N) is 2. The van der Waals surface area contributed by atoms with Crippen LogP contribution in [-0.2, 0) is 4.74 Å². The Bertz CT molecular complexity index is 399. The summed E-state index contributed by atoms with van der Waals surface area (Å²) in [5.74, 6) is 1.32. The molecule has 0 radical (unpaired) electrons. The summed E-state index contributed by atoms with van der Waals surface area (Å²) in [7, 11) is 3.38. The van der Waals surface area contributed by atoms with E-state index in [0.29, 0.717) is 5.92 Å². The van der Waals surface area contributed by atoms with Crippen LogP contribution in [0.2, 0.25) is 0 Å². The maximum absolute atomic E-state index is 6.38. The topological polar surface area (TPSA) is 62.3 Å². The van der Waals surface area contributed by atoms with Crippen molar-refractivity contribution in [3.05, 3.63) is 11.9 Å². The second kappa shape index (κ2) is 5.28. The summed E-state index contributed by atoms with van der Waals surface area (Å²) < 4.78 is 12.9. The fourth-order valence-electron chi connectivity index (χ4n) is 2.45. The number of nitrogens with two attached hydrogens (primary N) is 1. The highest BCUT2D eigenvalue weighted by Gasteiger charge is 2.38. The molecule has 0 saturated heterocycles. The number of hydrogen-bond acceptors (Lipinski definition) is 4. The minimum absolute atomic E-state index is 0.0492.